The molecule has 146 valence electrons. The molecule has 0 bridgehead atoms. The number of alkyl halides is 11. The fourth-order valence-electron chi connectivity index (χ4n) is 1.77. The van der Waals surface area contributed by atoms with Crippen molar-refractivity contribution in [2.45, 2.75) is 41.9 Å². The second kappa shape index (κ2) is 6.49. The summed E-state index contributed by atoms with van der Waals surface area (Å²) in [5, 5.41) is 6.51. The lowest BCUT2D eigenvalue weighted by atomic mass is 9.94. The van der Waals surface area contributed by atoms with Crippen LogP contribution in [0.1, 0.15) is 17.7 Å². The second-order valence-corrected chi connectivity index (χ2v) is 5.37. The molecule has 0 saturated carbocycles. The molecule has 3 nitrogen and oxygen atoms in total. The van der Waals surface area contributed by atoms with Gasteiger partial charge in [-0.2, -0.15) is 49.0 Å². The molecular formula is C11H9ClF10N2O. The zero-order chi connectivity index (χ0) is 19.9. The van der Waals surface area contributed by atoms with Crippen LogP contribution in [0.5, 0.6) is 0 Å². The summed E-state index contributed by atoms with van der Waals surface area (Å²) in [6, 6.07) is 0. The number of aromatic amines is 1. The van der Waals surface area contributed by atoms with Crippen LogP contribution < -0.4 is 0 Å². The van der Waals surface area contributed by atoms with Crippen LogP contribution in [0.3, 0.4) is 0 Å². The van der Waals surface area contributed by atoms with Crippen molar-refractivity contribution >= 4 is 11.6 Å². The molecule has 0 fully saturated rings. The van der Waals surface area contributed by atoms with Gasteiger partial charge >= 0.3 is 29.1 Å². The molecule has 0 aliphatic carbocycles. The van der Waals surface area contributed by atoms with Gasteiger partial charge in [0.1, 0.15) is 5.69 Å². The molecule has 0 unspecified atom stereocenters. The molecule has 0 spiro atoms. The number of nitrogens with zero attached hydrogens (tertiary/aromatic N) is 1. The number of aliphatic hydroxyl groups is 1. The Balaban J connectivity index is 3.42. The summed E-state index contributed by atoms with van der Waals surface area (Å²) in [5.41, 5.74) is -2.77. The Bertz CT molecular complexity index is 598. The molecule has 0 saturated heterocycles. The number of aryl methyl sites for hydroxylation is 1. The number of nitrogens with one attached hydrogen (secondary N) is 1. The van der Waals surface area contributed by atoms with Crippen molar-refractivity contribution in [3.05, 3.63) is 17.5 Å². The first-order valence-electron chi connectivity index (χ1n) is 6.27. The lowest BCUT2D eigenvalue weighted by molar-refractivity contribution is -0.393. The highest BCUT2D eigenvalue weighted by molar-refractivity contribution is 6.22. The van der Waals surface area contributed by atoms with E-state index in [0.717, 1.165) is 0 Å². The number of H-pyrrole nitrogens is 1. The zero-order valence-corrected chi connectivity index (χ0v) is 12.5. The number of hydrogen-bond acceptors (Lipinski definition) is 2. The van der Waals surface area contributed by atoms with Crippen LogP contribution in [0.15, 0.2) is 6.20 Å². The number of aromatic nitrogens is 2. The van der Waals surface area contributed by atoms with Crippen molar-refractivity contribution in [3.63, 3.8) is 0 Å². The van der Waals surface area contributed by atoms with Crippen LogP contribution in [0.4, 0.5) is 43.9 Å². The largest absolute Gasteiger partial charge is 0.396 e. The summed E-state index contributed by atoms with van der Waals surface area (Å²) in [4.78, 5) is 0. The third-order valence-electron chi connectivity index (χ3n) is 3.18. The van der Waals surface area contributed by atoms with E-state index in [1.54, 1.807) is 0 Å². The average Bonchev–Trinajstić information content (AvgIpc) is 2.92. The molecule has 0 atom stereocenters. The fourth-order valence-corrected chi connectivity index (χ4v) is 1.89. The minimum Gasteiger partial charge on any atom is -0.396 e. The average molecular weight is 411 g/mol. The third kappa shape index (κ3) is 3.27. The van der Waals surface area contributed by atoms with Gasteiger partial charge in [0.25, 0.3) is 0 Å². The molecule has 0 aromatic carbocycles. The van der Waals surface area contributed by atoms with E-state index in [-0.39, 0.29) is 6.42 Å². The second-order valence-electron chi connectivity index (χ2n) is 4.89. The van der Waals surface area contributed by atoms with E-state index < -0.39 is 53.4 Å². The van der Waals surface area contributed by atoms with Gasteiger partial charge < -0.3 is 5.11 Å². The quantitative estimate of drug-likeness (QED) is 0.499. The molecule has 1 aromatic rings. The van der Waals surface area contributed by atoms with Crippen molar-refractivity contribution in [2.75, 3.05) is 6.61 Å². The molecule has 0 amide bonds. The Hall–Kier alpha value is -1.24. The number of halogens is 11. The smallest absolute Gasteiger partial charge is 0.393 e. The minimum absolute atomic E-state index is 0.277. The van der Waals surface area contributed by atoms with E-state index in [1.807, 2.05) is 0 Å². The van der Waals surface area contributed by atoms with Crippen molar-refractivity contribution in [2.24, 2.45) is 0 Å². The molecule has 1 heterocycles. The van der Waals surface area contributed by atoms with Crippen LogP contribution in [0.2, 0.25) is 0 Å². The third-order valence-corrected chi connectivity index (χ3v) is 3.41. The van der Waals surface area contributed by atoms with E-state index in [4.69, 9.17) is 5.11 Å². The standard InChI is InChI=1S/C11H9ClF10N2O/c12-11(21,22)10(19,20)9(17,18)8(15,16)7(13,14)6-5(2-1-3-25)4-23-24-6/h4,25H,1-3H2,(H,23,24). The Kier molecular flexibility index (Phi) is 5.66. The van der Waals surface area contributed by atoms with Gasteiger partial charge in [-0.25, -0.2) is 0 Å². The maximum Gasteiger partial charge on any atom is 0.393 e. The van der Waals surface area contributed by atoms with Gasteiger partial charge in [-0.3, -0.25) is 5.10 Å². The number of rotatable bonds is 8. The van der Waals surface area contributed by atoms with E-state index >= 15 is 0 Å². The maximum atomic E-state index is 13.9. The highest BCUT2D eigenvalue weighted by Gasteiger charge is 2.86. The van der Waals surface area contributed by atoms with Gasteiger partial charge in [-0.15, -0.1) is 0 Å². The van der Waals surface area contributed by atoms with Gasteiger partial charge in [0.15, 0.2) is 0 Å². The molecule has 0 aliphatic heterocycles. The molecule has 14 heteroatoms. The van der Waals surface area contributed by atoms with E-state index in [9.17, 15) is 43.9 Å². The van der Waals surface area contributed by atoms with Crippen molar-refractivity contribution in [1.82, 2.24) is 10.2 Å². The van der Waals surface area contributed by atoms with E-state index in [2.05, 4.69) is 16.7 Å². The Morgan fingerprint density at radius 1 is 0.920 bits per heavy atom. The van der Waals surface area contributed by atoms with Crippen molar-refractivity contribution in [3.8, 4) is 0 Å². The summed E-state index contributed by atoms with van der Waals surface area (Å²) in [6.07, 6.45) is -0.316. The first-order valence-corrected chi connectivity index (χ1v) is 6.65. The first kappa shape index (κ1) is 21.8. The monoisotopic (exact) mass is 410 g/mol. The molecule has 1 rings (SSSR count). The molecular weight excluding hydrogens is 402 g/mol. The van der Waals surface area contributed by atoms with Gasteiger partial charge in [-0.1, -0.05) is 0 Å². The lowest BCUT2D eigenvalue weighted by Gasteiger charge is -2.37. The van der Waals surface area contributed by atoms with Crippen LogP contribution in [-0.2, 0) is 12.3 Å². The lowest BCUT2D eigenvalue weighted by Crippen LogP contribution is -2.65. The predicted octanol–water partition coefficient (Wildman–Crippen LogP) is 4.16. The van der Waals surface area contributed by atoms with Gasteiger partial charge in [-0.05, 0) is 30.0 Å². The summed E-state index contributed by atoms with van der Waals surface area (Å²) >= 11 is 3.70. The van der Waals surface area contributed by atoms with Crippen molar-refractivity contribution < 1.29 is 49.0 Å². The normalized spacial score (nSPS) is 14.9. The highest BCUT2D eigenvalue weighted by atomic mass is 35.5. The SMILES string of the molecule is OCCCc1cn[nH]c1C(F)(F)C(F)(F)C(F)(F)C(F)(F)C(F)(F)Cl. The van der Waals surface area contributed by atoms with Crippen LogP contribution in [0.25, 0.3) is 0 Å². The molecule has 1 aromatic heterocycles. The maximum absolute atomic E-state index is 13.9. The van der Waals surface area contributed by atoms with E-state index in [0.29, 0.717) is 6.20 Å². The number of hydrogen-bond donors (Lipinski definition) is 2. The Morgan fingerprint density at radius 3 is 1.88 bits per heavy atom. The molecule has 0 aliphatic rings. The Labute approximate surface area is 138 Å². The highest BCUT2D eigenvalue weighted by Crippen LogP contribution is 2.60. The summed E-state index contributed by atoms with van der Waals surface area (Å²) in [5.74, 6) is -27.2. The fraction of sp³-hybridized carbons (Fsp3) is 0.727. The van der Waals surface area contributed by atoms with Crippen molar-refractivity contribution in [1.29, 1.82) is 0 Å². The van der Waals surface area contributed by atoms with Crippen LogP contribution >= 0.6 is 11.6 Å². The van der Waals surface area contributed by atoms with Crippen LogP contribution in [0, 0.1) is 0 Å². The molecule has 25 heavy (non-hydrogen) atoms. The van der Waals surface area contributed by atoms with Crippen LogP contribution in [-0.4, -0.2) is 45.1 Å². The van der Waals surface area contributed by atoms with Gasteiger partial charge in [0, 0.05) is 6.61 Å². The topological polar surface area (TPSA) is 48.9 Å². The molecule has 0 radical (unpaired) electrons. The summed E-state index contributed by atoms with van der Waals surface area (Å²) < 4.78 is 132. The minimum atomic E-state index is -7.23. The van der Waals surface area contributed by atoms with Gasteiger partial charge in [0.05, 0.1) is 6.20 Å². The Morgan fingerprint density at radius 2 is 1.44 bits per heavy atom. The molecule has 2 N–H and O–H groups in total. The summed E-state index contributed by atoms with van der Waals surface area (Å²) in [7, 11) is 0. The first-order chi connectivity index (χ1) is 11.1. The van der Waals surface area contributed by atoms with Gasteiger partial charge in [0.2, 0.25) is 0 Å². The number of aliphatic hydroxyl groups excluding tert-OH is 1. The summed E-state index contributed by atoms with van der Waals surface area (Å²) in [6.45, 7) is -0.598. The van der Waals surface area contributed by atoms with E-state index in [1.165, 1.54) is 5.10 Å². The zero-order valence-electron chi connectivity index (χ0n) is 11.8. The predicted molar refractivity (Wildman–Crippen MR) is 63.5 cm³/mol.